The lowest BCUT2D eigenvalue weighted by Crippen LogP contribution is -1.96. The van der Waals surface area contributed by atoms with E-state index in [-0.39, 0.29) is 0 Å². The summed E-state index contributed by atoms with van der Waals surface area (Å²) in [6, 6.07) is 66.7. The lowest BCUT2D eigenvalue weighted by molar-refractivity contribution is 1.17. The van der Waals surface area contributed by atoms with Crippen LogP contribution in [0.15, 0.2) is 182 Å². The van der Waals surface area contributed by atoms with E-state index in [9.17, 15) is 0 Å². The van der Waals surface area contributed by atoms with Crippen LogP contribution in [0.4, 0.5) is 0 Å². The molecule has 0 spiro atoms. The van der Waals surface area contributed by atoms with Gasteiger partial charge in [0.05, 0.1) is 22.1 Å². The van der Waals surface area contributed by atoms with Crippen molar-refractivity contribution in [1.29, 1.82) is 0 Å². The fourth-order valence-corrected chi connectivity index (χ4v) is 9.27. The zero-order chi connectivity index (χ0) is 33.5. The smallest absolute Gasteiger partial charge is 0.0562 e. The second kappa shape index (κ2) is 11.0. The SMILES string of the molecule is c1ccc(-c2ccc(-c3ccc(-n4c5ccccc5c5cc6c7ccccc7n(-c7ccc8c(c7)sc7ccccc78)c6cc54)cc3)cc2)cc1. The van der Waals surface area contributed by atoms with Crippen molar-refractivity contribution in [1.82, 2.24) is 9.13 Å². The summed E-state index contributed by atoms with van der Waals surface area (Å²) in [4.78, 5) is 0. The molecule has 3 heterocycles. The first-order chi connectivity index (χ1) is 25.3. The zero-order valence-corrected chi connectivity index (χ0v) is 28.4. The zero-order valence-electron chi connectivity index (χ0n) is 27.6. The van der Waals surface area contributed by atoms with Crippen LogP contribution in [0.1, 0.15) is 0 Å². The van der Waals surface area contributed by atoms with Crippen LogP contribution in [0.5, 0.6) is 0 Å². The van der Waals surface area contributed by atoms with Gasteiger partial charge < -0.3 is 9.13 Å². The van der Waals surface area contributed by atoms with E-state index in [4.69, 9.17) is 0 Å². The average molecular weight is 667 g/mol. The second-order valence-electron chi connectivity index (χ2n) is 13.4. The molecule has 238 valence electrons. The molecule has 0 bridgehead atoms. The molecule has 0 aliphatic carbocycles. The summed E-state index contributed by atoms with van der Waals surface area (Å²) in [5, 5.41) is 7.71. The summed E-state index contributed by atoms with van der Waals surface area (Å²) in [5.41, 5.74) is 12.1. The molecule has 8 aromatic carbocycles. The summed E-state index contributed by atoms with van der Waals surface area (Å²) < 4.78 is 7.53. The Morgan fingerprint density at radius 2 is 0.745 bits per heavy atom. The van der Waals surface area contributed by atoms with E-state index < -0.39 is 0 Å². The first kappa shape index (κ1) is 28.4. The van der Waals surface area contributed by atoms with Gasteiger partial charge in [0, 0.05) is 53.1 Å². The van der Waals surface area contributed by atoms with E-state index in [0.717, 1.165) is 5.69 Å². The van der Waals surface area contributed by atoms with Gasteiger partial charge >= 0.3 is 0 Å². The molecule has 11 rings (SSSR count). The van der Waals surface area contributed by atoms with Crippen molar-refractivity contribution in [2.75, 3.05) is 0 Å². The largest absolute Gasteiger partial charge is 0.309 e. The first-order valence-corrected chi connectivity index (χ1v) is 18.2. The maximum atomic E-state index is 2.46. The van der Waals surface area contributed by atoms with Gasteiger partial charge in [-0.3, -0.25) is 0 Å². The number of hydrogen-bond donors (Lipinski definition) is 0. The predicted octanol–water partition coefficient (Wildman–Crippen LogP) is 13.6. The normalized spacial score (nSPS) is 11.9. The lowest BCUT2D eigenvalue weighted by atomic mass is 10.0. The number of benzene rings is 8. The minimum Gasteiger partial charge on any atom is -0.309 e. The Morgan fingerprint density at radius 3 is 1.39 bits per heavy atom. The minimum absolute atomic E-state index is 1.15. The van der Waals surface area contributed by atoms with Crippen molar-refractivity contribution in [3.8, 4) is 33.6 Å². The molecule has 11 aromatic rings. The van der Waals surface area contributed by atoms with E-state index in [1.54, 1.807) is 0 Å². The number of para-hydroxylation sites is 2. The van der Waals surface area contributed by atoms with Crippen LogP contribution in [0, 0.1) is 0 Å². The van der Waals surface area contributed by atoms with Gasteiger partial charge in [0.15, 0.2) is 0 Å². The minimum atomic E-state index is 1.15. The molecule has 0 atom stereocenters. The highest BCUT2D eigenvalue weighted by Crippen LogP contribution is 2.41. The lowest BCUT2D eigenvalue weighted by Gasteiger charge is -2.11. The third-order valence-electron chi connectivity index (χ3n) is 10.5. The van der Waals surface area contributed by atoms with Gasteiger partial charge in [-0.15, -0.1) is 11.3 Å². The number of fused-ring (bicyclic) bond motifs is 9. The molecule has 0 fully saturated rings. The monoisotopic (exact) mass is 666 g/mol. The number of nitrogens with zero attached hydrogens (tertiary/aromatic N) is 2. The molecule has 0 radical (unpaired) electrons. The van der Waals surface area contributed by atoms with E-state index in [2.05, 4.69) is 191 Å². The molecule has 0 amide bonds. The number of thiophene rings is 1. The first-order valence-electron chi connectivity index (χ1n) is 17.4. The summed E-state index contributed by atoms with van der Waals surface area (Å²) in [7, 11) is 0. The van der Waals surface area contributed by atoms with Gasteiger partial charge in [-0.05, 0) is 76.9 Å². The fourth-order valence-electron chi connectivity index (χ4n) is 8.13. The average Bonchev–Trinajstić information content (AvgIpc) is 3.84. The molecule has 2 nitrogen and oxygen atoms in total. The molecule has 51 heavy (non-hydrogen) atoms. The summed E-state index contributed by atoms with van der Waals surface area (Å²) in [5.74, 6) is 0. The third-order valence-corrected chi connectivity index (χ3v) is 11.7. The highest BCUT2D eigenvalue weighted by molar-refractivity contribution is 7.25. The Balaban J connectivity index is 1.09. The Hall–Kier alpha value is -6.42. The van der Waals surface area contributed by atoms with Crippen LogP contribution >= 0.6 is 11.3 Å². The quantitative estimate of drug-likeness (QED) is 0.177. The molecule has 0 aliphatic heterocycles. The van der Waals surface area contributed by atoms with E-state index in [0.29, 0.717) is 0 Å². The van der Waals surface area contributed by atoms with Crippen LogP contribution in [-0.4, -0.2) is 9.13 Å². The highest BCUT2D eigenvalue weighted by atomic mass is 32.1. The van der Waals surface area contributed by atoms with Gasteiger partial charge in [-0.1, -0.05) is 127 Å². The highest BCUT2D eigenvalue weighted by Gasteiger charge is 2.19. The summed E-state index contributed by atoms with van der Waals surface area (Å²) >= 11 is 1.87. The van der Waals surface area contributed by atoms with Crippen LogP contribution in [0.25, 0.3) is 97.4 Å². The Morgan fingerprint density at radius 1 is 0.275 bits per heavy atom. The number of rotatable bonds is 4. The second-order valence-corrected chi connectivity index (χ2v) is 14.4. The van der Waals surface area contributed by atoms with E-state index in [1.807, 2.05) is 11.3 Å². The van der Waals surface area contributed by atoms with Crippen LogP contribution in [0.2, 0.25) is 0 Å². The molecule has 3 heteroatoms. The topological polar surface area (TPSA) is 9.86 Å². The van der Waals surface area contributed by atoms with Crippen LogP contribution in [0.3, 0.4) is 0 Å². The predicted molar refractivity (Wildman–Crippen MR) is 219 cm³/mol. The maximum Gasteiger partial charge on any atom is 0.0562 e. The molecule has 0 N–H and O–H groups in total. The molecule has 3 aromatic heterocycles. The number of aromatic nitrogens is 2. The van der Waals surface area contributed by atoms with Crippen molar-refractivity contribution in [2.24, 2.45) is 0 Å². The van der Waals surface area contributed by atoms with Gasteiger partial charge in [0.1, 0.15) is 0 Å². The Bertz CT molecular complexity index is 3100. The van der Waals surface area contributed by atoms with E-state index >= 15 is 0 Å². The molecule has 0 saturated carbocycles. The van der Waals surface area contributed by atoms with E-state index in [1.165, 1.54) is 91.7 Å². The number of hydrogen-bond acceptors (Lipinski definition) is 1. The van der Waals surface area contributed by atoms with Gasteiger partial charge in [-0.25, -0.2) is 0 Å². The van der Waals surface area contributed by atoms with Gasteiger partial charge in [0.2, 0.25) is 0 Å². The Kier molecular flexibility index (Phi) is 6.16. The summed E-state index contributed by atoms with van der Waals surface area (Å²) in [6.45, 7) is 0. The molecular weight excluding hydrogens is 637 g/mol. The van der Waals surface area contributed by atoms with Gasteiger partial charge in [0.25, 0.3) is 0 Å². The fraction of sp³-hybridized carbons (Fsp3) is 0. The Labute approximate surface area is 298 Å². The standard InChI is InChI=1S/C48H30N2S/c1-2-10-31(11-3-1)32-18-20-33(21-19-32)34-22-24-35(25-23-34)49-43-15-7-4-12-37(43)41-29-42-38-13-5-8-16-44(38)50(46(42)30-45(41)49)36-26-27-40-39-14-6-9-17-47(39)51-48(40)28-36/h1-30H. The van der Waals surface area contributed by atoms with Crippen LogP contribution in [-0.2, 0) is 0 Å². The molecular formula is C48H30N2S. The van der Waals surface area contributed by atoms with Gasteiger partial charge in [-0.2, -0.15) is 0 Å². The van der Waals surface area contributed by atoms with Crippen molar-refractivity contribution >= 4 is 75.1 Å². The maximum absolute atomic E-state index is 2.46. The molecule has 0 saturated heterocycles. The molecule has 0 aliphatic rings. The van der Waals surface area contributed by atoms with Crippen molar-refractivity contribution in [2.45, 2.75) is 0 Å². The van der Waals surface area contributed by atoms with Crippen molar-refractivity contribution in [3.63, 3.8) is 0 Å². The van der Waals surface area contributed by atoms with Crippen molar-refractivity contribution < 1.29 is 0 Å². The van der Waals surface area contributed by atoms with Crippen LogP contribution < -0.4 is 0 Å². The third kappa shape index (κ3) is 4.35. The summed E-state index contributed by atoms with van der Waals surface area (Å²) in [6.07, 6.45) is 0. The van der Waals surface area contributed by atoms with Crippen molar-refractivity contribution in [3.05, 3.63) is 182 Å². The molecule has 0 unspecified atom stereocenters.